The molecule has 4 aromatic rings. The Balaban J connectivity index is 1.66. The molecule has 0 aliphatic heterocycles. The Bertz CT molecular complexity index is 1660. The van der Waals surface area contributed by atoms with Crippen LogP contribution in [-0.4, -0.2) is 36.7 Å². The van der Waals surface area contributed by atoms with Crippen LogP contribution in [0, 0.1) is 0 Å². The predicted octanol–water partition coefficient (Wildman–Crippen LogP) is 7.22. The molecule has 6 N–H and O–H groups in total. The van der Waals surface area contributed by atoms with E-state index in [1.807, 2.05) is 37.3 Å². The lowest BCUT2D eigenvalue weighted by Gasteiger charge is -2.23. The van der Waals surface area contributed by atoms with Crippen molar-refractivity contribution in [3.05, 3.63) is 126 Å². The number of benzene rings is 4. The summed E-state index contributed by atoms with van der Waals surface area (Å²) >= 11 is 0. The Kier molecular flexibility index (Phi) is 10.3. The monoisotopic (exact) mass is 596 g/mol. The number of hydrogen-bond acceptors (Lipinski definition) is 8. The molecule has 4 aromatic carbocycles. The van der Waals surface area contributed by atoms with Gasteiger partial charge in [-0.05, 0) is 84.5 Å². The highest BCUT2D eigenvalue weighted by molar-refractivity contribution is 5.60. The molecule has 44 heavy (non-hydrogen) atoms. The lowest BCUT2D eigenvalue weighted by molar-refractivity contribution is 0.0183. The molecule has 0 amide bonds. The molecule has 0 heterocycles. The number of phenols is 4. The van der Waals surface area contributed by atoms with E-state index >= 15 is 0 Å². The first-order chi connectivity index (χ1) is 21.1. The standard InChI is InChI=1S/C36H36O8/c1-4-8-22-13-15-26(16-14-22)44-36-28(24(10-6-3)18-30(38)35(36)42)21-31(39)33(40)25-19-29(37)34(41)32(20-25)43-27-12-7-11-23(17-27)9-5-2/h4-7,9,11-20,31,33,37-42H,1,3,8,10,21H2,2H3/t31-,33+/m1/s1. The number of phenolic OH excluding ortho intramolecular Hbond substituents is 4. The van der Waals surface area contributed by atoms with Crippen molar-refractivity contribution in [2.75, 3.05) is 0 Å². The summed E-state index contributed by atoms with van der Waals surface area (Å²) in [7, 11) is 0. The highest BCUT2D eigenvalue weighted by Crippen LogP contribution is 2.45. The Hall–Kier alpha value is -5.18. The van der Waals surface area contributed by atoms with Crippen molar-refractivity contribution in [1.29, 1.82) is 0 Å². The van der Waals surface area contributed by atoms with Crippen LogP contribution >= 0.6 is 0 Å². The van der Waals surface area contributed by atoms with Crippen LogP contribution in [0.25, 0.3) is 6.08 Å². The van der Waals surface area contributed by atoms with Gasteiger partial charge in [-0.25, -0.2) is 0 Å². The van der Waals surface area contributed by atoms with E-state index in [9.17, 15) is 30.6 Å². The van der Waals surface area contributed by atoms with E-state index in [1.165, 1.54) is 12.1 Å². The zero-order chi connectivity index (χ0) is 31.8. The number of aromatic hydroxyl groups is 4. The van der Waals surface area contributed by atoms with Gasteiger partial charge in [-0.15, -0.1) is 13.2 Å². The first-order valence-corrected chi connectivity index (χ1v) is 14.0. The molecule has 0 saturated carbocycles. The summed E-state index contributed by atoms with van der Waals surface area (Å²) < 4.78 is 11.8. The Morgan fingerprint density at radius 1 is 0.773 bits per heavy atom. The average Bonchev–Trinajstić information content (AvgIpc) is 3.00. The third-order valence-electron chi connectivity index (χ3n) is 6.96. The molecule has 4 rings (SSSR count). The van der Waals surface area contributed by atoms with E-state index in [2.05, 4.69) is 13.2 Å². The van der Waals surface area contributed by atoms with Gasteiger partial charge in [-0.2, -0.15) is 0 Å². The molecule has 0 spiro atoms. The lowest BCUT2D eigenvalue weighted by Crippen LogP contribution is -2.22. The summed E-state index contributed by atoms with van der Waals surface area (Å²) in [5, 5.41) is 64.6. The van der Waals surface area contributed by atoms with E-state index < -0.39 is 35.2 Å². The molecule has 0 radical (unpaired) electrons. The first-order valence-electron chi connectivity index (χ1n) is 14.0. The van der Waals surface area contributed by atoms with Crippen LogP contribution in [0.15, 0.2) is 98.1 Å². The van der Waals surface area contributed by atoms with Crippen molar-refractivity contribution in [3.63, 3.8) is 0 Å². The third kappa shape index (κ3) is 7.42. The summed E-state index contributed by atoms with van der Waals surface area (Å²) in [5.41, 5.74) is 2.78. The maximum atomic E-state index is 11.2. The zero-order valence-electron chi connectivity index (χ0n) is 24.4. The minimum atomic E-state index is -1.56. The average molecular weight is 597 g/mol. The second-order valence-corrected chi connectivity index (χ2v) is 10.2. The molecule has 0 aromatic heterocycles. The third-order valence-corrected chi connectivity index (χ3v) is 6.96. The number of rotatable bonds is 13. The molecular formula is C36H36O8. The predicted molar refractivity (Wildman–Crippen MR) is 170 cm³/mol. The topological polar surface area (TPSA) is 140 Å². The van der Waals surface area contributed by atoms with Crippen molar-refractivity contribution in [2.45, 2.75) is 38.4 Å². The SMILES string of the molecule is C=CCc1ccc(Oc2c(O)c(O)cc(CC=C)c2C[C@@H](O)[C@@H](O)c2cc(O)c(O)c(Oc3cccc(C=CC)c3)c2)cc1. The van der Waals surface area contributed by atoms with E-state index in [4.69, 9.17) is 9.47 Å². The van der Waals surface area contributed by atoms with Gasteiger partial charge in [-0.3, -0.25) is 0 Å². The molecule has 0 aliphatic rings. The minimum absolute atomic E-state index is 0.0703. The fourth-order valence-electron chi connectivity index (χ4n) is 4.78. The smallest absolute Gasteiger partial charge is 0.201 e. The molecule has 0 bridgehead atoms. The molecule has 0 fully saturated rings. The van der Waals surface area contributed by atoms with Crippen molar-refractivity contribution in [2.24, 2.45) is 0 Å². The van der Waals surface area contributed by atoms with Crippen LogP contribution in [0.1, 0.15) is 40.8 Å². The number of aliphatic hydroxyl groups excluding tert-OH is 2. The van der Waals surface area contributed by atoms with Gasteiger partial charge in [0.25, 0.3) is 0 Å². The van der Waals surface area contributed by atoms with Crippen molar-refractivity contribution >= 4 is 6.08 Å². The second-order valence-electron chi connectivity index (χ2n) is 10.2. The summed E-state index contributed by atoms with van der Waals surface area (Å²) in [5.74, 6) is -1.46. The van der Waals surface area contributed by atoms with Crippen LogP contribution in [0.4, 0.5) is 0 Å². The van der Waals surface area contributed by atoms with Crippen LogP contribution < -0.4 is 9.47 Å². The van der Waals surface area contributed by atoms with Crippen LogP contribution in [0.3, 0.4) is 0 Å². The van der Waals surface area contributed by atoms with Gasteiger partial charge < -0.3 is 40.1 Å². The van der Waals surface area contributed by atoms with E-state index in [0.29, 0.717) is 29.0 Å². The quantitative estimate of drug-likeness (QED) is 0.0702. The van der Waals surface area contributed by atoms with Gasteiger partial charge in [0.05, 0.1) is 6.10 Å². The molecule has 8 heteroatoms. The molecule has 0 aliphatic carbocycles. The van der Waals surface area contributed by atoms with Crippen molar-refractivity contribution in [3.8, 4) is 46.0 Å². The summed E-state index contributed by atoms with van der Waals surface area (Å²) in [4.78, 5) is 0. The van der Waals surface area contributed by atoms with Gasteiger partial charge in [0, 0.05) is 12.0 Å². The van der Waals surface area contributed by atoms with Crippen LogP contribution in [-0.2, 0) is 19.3 Å². The fraction of sp³-hybridized carbons (Fsp3) is 0.167. The summed E-state index contributed by atoms with van der Waals surface area (Å²) in [6.07, 6.45) is 4.79. The second kappa shape index (κ2) is 14.3. The normalized spacial score (nSPS) is 12.5. The van der Waals surface area contributed by atoms with Crippen LogP contribution in [0.2, 0.25) is 0 Å². The van der Waals surface area contributed by atoms with E-state index in [-0.39, 0.29) is 29.9 Å². The van der Waals surface area contributed by atoms with Crippen molar-refractivity contribution in [1.82, 2.24) is 0 Å². The highest BCUT2D eigenvalue weighted by atomic mass is 16.5. The lowest BCUT2D eigenvalue weighted by atomic mass is 9.92. The molecule has 0 saturated heterocycles. The number of allylic oxidation sites excluding steroid dienone is 3. The van der Waals surface area contributed by atoms with Gasteiger partial charge in [0.15, 0.2) is 23.0 Å². The molecular weight excluding hydrogens is 560 g/mol. The number of hydrogen-bond donors (Lipinski definition) is 6. The number of aliphatic hydroxyl groups is 2. The molecule has 8 nitrogen and oxygen atoms in total. The fourth-order valence-corrected chi connectivity index (χ4v) is 4.78. The molecule has 228 valence electrons. The Labute approximate surface area is 256 Å². The zero-order valence-corrected chi connectivity index (χ0v) is 24.4. The maximum absolute atomic E-state index is 11.2. The van der Waals surface area contributed by atoms with Crippen molar-refractivity contribution < 1.29 is 40.1 Å². The largest absolute Gasteiger partial charge is 0.504 e. The van der Waals surface area contributed by atoms with Gasteiger partial charge in [0.1, 0.15) is 17.6 Å². The molecule has 2 atom stereocenters. The summed E-state index contributed by atoms with van der Waals surface area (Å²) in [6, 6.07) is 18.0. The highest BCUT2D eigenvalue weighted by Gasteiger charge is 2.27. The van der Waals surface area contributed by atoms with E-state index in [1.54, 1.807) is 42.5 Å². The van der Waals surface area contributed by atoms with Gasteiger partial charge >= 0.3 is 0 Å². The maximum Gasteiger partial charge on any atom is 0.201 e. The van der Waals surface area contributed by atoms with Gasteiger partial charge in [0.2, 0.25) is 11.5 Å². The van der Waals surface area contributed by atoms with E-state index in [0.717, 1.165) is 17.2 Å². The Morgan fingerprint density at radius 2 is 1.48 bits per heavy atom. The Morgan fingerprint density at radius 3 is 2.16 bits per heavy atom. The molecule has 0 unspecified atom stereocenters. The number of ether oxygens (including phenoxy) is 2. The van der Waals surface area contributed by atoms with Crippen LogP contribution in [0.5, 0.6) is 46.0 Å². The van der Waals surface area contributed by atoms with Gasteiger partial charge in [-0.1, -0.05) is 48.6 Å². The first kappa shape index (κ1) is 31.7. The summed E-state index contributed by atoms with van der Waals surface area (Å²) in [6.45, 7) is 9.37. The minimum Gasteiger partial charge on any atom is -0.504 e.